The maximum Gasteiger partial charge on any atom is 0.326 e. The van der Waals surface area contributed by atoms with E-state index in [9.17, 15) is 9.18 Å². The van der Waals surface area contributed by atoms with Crippen LogP contribution >= 0.6 is 0 Å². The zero-order chi connectivity index (χ0) is 14.0. The minimum atomic E-state index is -0.917. The summed E-state index contributed by atoms with van der Waals surface area (Å²) >= 11 is 0. The quantitative estimate of drug-likeness (QED) is 0.871. The molecule has 102 valence electrons. The van der Waals surface area contributed by atoms with Crippen LogP contribution in [-0.2, 0) is 11.8 Å². The van der Waals surface area contributed by atoms with Crippen molar-refractivity contribution in [2.24, 2.45) is 7.05 Å². The first-order valence-electron chi connectivity index (χ1n) is 6.14. The molecule has 0 aliphatic rings. The average molecular weight is 265 g/mol. The minimum Gasteiger partial charge on any atom is -0.480 e. The summed E-state index contributed by atoms with van der Waals surface area (Å²) in [4.78, 5) is 15.4. The Balaban J connectivity index is 2.34. The summed E-state index contributed by atoms with van der Waals surface area (Å²) in [5.41, 5.74) is 1.26. The van der Waals surface area contributed by atoms with Gasteiger partial charge in [-0.1, -0.05) is 13.3 Å². The number of nitrogens with zero attached hydrogens (tertiary/aromatic N) is 2. The fourth-order valence-electron chi connectivity index (χ4n) is 1.99. The third-order valence-corrected chi connectivity index (χ3v) is 3.02. The molecule has 0 saturated carbocycles. The van der Waals surface area contributed by atoms with Crippen molar-refractivity contribution in [1.82, 2.24) is 9.55 Å². The highest BCUT2D eigenvalue weighted by Gasteiger charge is 2.19. The van der Waals surface area contributed by atoms with E-state index in [4.69, 9.17) is 5.11 Å². The molecule has 6 heteroatoms. The molecule has 1 atom stereocenters. The van der Waals surface area contributed by atoms with Crippen molar-refractivity contribution in [1.29, 1.82) is 0 Å². The van der Waals surface area contributed by atoms with Crippen LogP contribution in [0.1, 0.15) is 19.8 Å². The molecule has 1 heterocycles. The van der Waals surface area contributed by atoms with Crippen LogP contribution in [0.4, 0.5) is 10.3 Å². The number of imidazole rings is 1. The molecule has 1 unspecified atom stereocenters. The zero-order valence-corrected chi connectivity index (χ0v) is 10.9. The van der Waals surface area contributed by atoms with Gasteiger partial charge in [0.15, 0.2) is 0 Å². The first-order valence-corrected chi connectivity index (χ1v) is 6.14. The van der Waals surface area contributed by atoms with E-state index in [0.717, 1.165) is 6.42 Å². The molecule has 2 aromatic rings. The second-order valence-electron chi connectivity index (χ2n) is 4.45. The Morgan fingerprint density at radius 1 is 1.58 bits per heavy atom. The number of hydrogen-bond donors (Lipinski definition) is 2. The second kappa shape index (κ2) is 5.26. The highest BCUT2D eigenvalue weighted by molar-refractivity contribution is 5.81. The van der Waals surface area contributed by atoms with Gasteiger partial charge in [0.1, 0.15) is 11.9 Å². The van der Waals surface area contributed by atoms with Crippen LogP contribution < -0.4 is 5.32 Å². The highest BCUT2D eigenvalue weighted by atomic mass is 19.1. The van der Waals surface area contributed by atoms with Crippen LogP contribution in [0.5, 0.6) is 0 Å². The van der Waals surface area contributed by atoms with E-state index in [0.29, 0.717) is 23.4 Å². The van der Waals surface area contributed by atoms with Crippen molar-refractivity contribution in [3.05, 3.63) is 24.0 Å². The number of carboxylic acid groups (broad SMARTS) is 1. The Labute approximate surface area is 110 Å². The normalized spacial score (nSPS) is 12.6. The number of carboxylic acids is 1. The maximum atomic E-state index is 13.2. The number of nitrogens with one attached hydrogen (secondary N) is 1. The fraction of sp³-hybridized carbons (Fsp3) is 0.385. The van der Waals surface area contributed by atoms with Crippen molar-refractivity contribution >= 4 is 23.0 Å². The molecule has 0 aliphatic carbocycles. The van der Waals surface area contributed by atoms with Crippen LogP contribution in [-0.4, -0.2) is 26.7 Å². The van der Waals surface area contributed by atoms with Crippen LogP contribution in [0.15, 0.2) is 18.2 Å². The molecule has 0 fully saturated rings. The van der Waals surface area contributed by atoms with E-state index in [1.54, 1.807) is 17.7 Å². The Hall–Kier alpha value is -2.11. The molecule has 5 nitrogen and oxygen atoms in total. The molecule has 2 rings (SSSR count). The van der Waals surface area contributed by atoms with Gasteiger partial charge in [-0.25, -0.2) is 14.2 Å². The molecule has 1 aromatic heterocycles. The Bertz CT molecular complexity index is 609. The molecular weight excluding hydrogens is 249 g/mol. The average Bonchev–Trinajstić information content (AvgIpc) is 2.66. The molecule has 0 radical (unpaired) electrons. The van der Waals surface area contributed by atoms with Gasteiger partial charge in [0, 0.05) is 7.05 Å². The van der Waals surface area contributed by atoms with Crippen LogP contribution in [0, 0.1) is 5.82 Å². The summed E-state index contributed by atoms with van der Waals surface area (Å²) in [5.74, 6) is -0.827. The maximum absolute atomic E-state index is 13.2. The van der Waals surface area contributed by atoms with Gasteiger partial charge in [0.25, 0.3) is 0 Å². The van der Waals surface area contributed by atoms with Gasteiger partial charge in [-0.05, 0) is 24.6 Å². The molecule has 19 heavy (non-hydrogen) atoms. The van der Waals surface area contributed by atoms with Crippen molar-refractivity contribution in [3.8, 4) is 0 Å². The molecule has 1 aromatic carbocycles. The molecule has 2 N–H and O–H groups in total. The number of hydrogen-bond acceptors (Lipinski definition) is 3. The predicted octanol–water partition coefficient (Wildman–Crippen LogP) is 2.38. The molecular formula is C13H16FN3O2. The second-order valence-corrected chi connectivity index (χ2v) is 4.45. The molecule has 0 saturated heterocycles. The largest absolute Gasteiger partial charge is 0.480 e. The summed E-state index contributed by atoms with van der Waals surface area (Å²) in [6.07, 6.45) is 1.26. The Morgan fingerprint density at radius 3 is 2.95 bits per heavy atom. The van der Waals surface area contributed by atoms with Gasteiger partial charge in [0.05, 0.1) is 11.0 Å². The van der Waals surface area contributed by atoms with E-state index >= 15 is 0 Å². The smallest absolute Gasteiger partial charge is 0.326 e. The SMILES string of the molecule is CCCC(Nc1nc2ccc(F)cc2n1C)C(=O)O. The van der Waals surface area contributed by atoms with Crippen LogP contribution in [0.3, 0.4) is 0 Å². The van der Waals surface area contributed by atoms with Crippen LogP contribution in [0.2, 0.25) is 0 Å². The standard InChI is InChI=1S/C13H16FN3O2/c1-3-4-10(12(18)19)16-13-15-9-6-5-8(14)7-11(9)17(13)2/h5-7,10H,3-4H2,1-2H3,(H,15,16)(H,18,19). The number of halogens is 1. The van der Waals surface area contributed by atoms with Crippen molar-refractivity contribution in [2.45, 2.75) is 25.8 Å². The summed E-state index contributed by atoms with van der Waals surface area (Å²) in [6, 6.07) is 3.60. The number of rotatable bonds is 5. The van der Waals surface area contributed by atoms with Crippen molar-refractivity contribution < 1.29 is 14.3 Å². The van der Waals surface area contributed by atoms with E-state index in [2.05, 4.69) is 10.3 Å². The van der Waals surface area contributed by atoms with Crippen LogP contribution in [0.25, 0.3) is 11.0 Å². The predicted molar refractivity (Wildman–Crippen MR) is 70.6 cm³/mol. The summed E-state index contributed by atoms with van der Waals surface area (Å²) < 4.78 is 14.8. The molecule has 0 bridgehead atoms. The third kappa shape index (κ3) is 2.67. The highest BCUT2D eigenvalue weighted by Crippen LogP contribution is 2.20. The van der Waals surface area contributed by atoms with Gasteiger partial charge in [-0.3, -0.25) is 0 Å². The van der Waals surface area contributed by atoms with Gasteiger partial charge in [0.2, 0.25) is 5.95 Å². The minimum absolute atomic E-state index is 0.342. The van der Waals surface area contributed by atoms with Gasteiger partial charge in [-0.15, -0.1) is 0 Å². The number of aryl methyl sites for hydroxylation is 1. The van der Waals surface area contributed by atoms with Gasteiger partial charge < -0.3 is 15.0 Å². The fourth-order valence-corrected chi connectivity index (χ4v) is 1.99. The zero-order valence-electron chi connectivity index (χ0n) is 10.9. The van der Waals surface area contributed by atoms with E-state index in [-0.39, 0.29) is 5.82 Å². The van der Waals surface area contributed by atoms with Crippen molar-refractivity contribution in [2.75, 3.05) is 5.32 Å². The lowest BCUT2D eigenvalue weighted by atomic mass is 10.2. The lowest BCUT2D eigenvalue weighted by Crippen LogP contribution is -2.30. The van der Waals surface area contributed by atoms with E-state index < -0.39 is 12.0 Å². The lowest BCUT2D eigenvalue weighted by molar-refractivity contribution is -0.138. The monoisotopic (exact) mass is 265 g/mol. The number of aromatic nitrogens is 2. The summed E-state index contributed by atoms with van der Waals surface area (Å²) in [6.45, 7) is 1.92. The van der Waals surface area contributed by atoms with Gasteiger partial charge >= 0.3 is 5.97 Å². The van der Waals surface area contributed by atoms with Crippen molar-refractivity contribution in [3.63, 3.8) is 0 Å². The number of carbonyl (C=O) groups is 1. The Morgan fingerprint density at radius 2 is 2.32 bits per heavy atom. The van der Waals surface area contributed by atoms with Gasteiger partial charge in [-0.2, -0.15) is 0 Å². The number of fused-ring (bicyclic) bond motifs is 1. The topological polar surface area (TPSA) is 67.2 Å². The van der Waals surface area contributed by atoms with E-state index in [1.807, 2.05) is 6.92 Å². The van der Waals surface area contributed by atoms with E-state index in [1.165, 1.54) is 12.1 Å². The summed E-state index contributed by atoms with van der Waals surface area (Å²) in [7, 11) is 1.72. The molecule has 0 amide bonds. The Kier molecular flexibility index (Phi) is 3.69. The first-order chi connectivity index (χ1) is 9.02. The number of aliphatic carboxylic acids is 1. The lowest BCUT2D eigenvalue weighted by Gasteiger charge is -2.14. The molecule has 0 aliphatic heterocycles. The number of anilines is 1. The first kappa shape index (κ1) is 13.3. The molecule has 0 spiro atoms. The summed E-state index contributed by atoms with van der Waals surface area (Å²) in [5, 5.41) is 12.0. The third-order valence-electron chi connectivity index (χ3n) is 3.02. The number of benzene rings is 1.